The molecule has 0 heterocycles. The lowest BCUT2D eigenvalue weighted by atomic mass is 10.1. The standard InChI is InChI=1S/C12H16ClFN2O/c1-7-4-10(13)9(5-11(7)14)6-16(3)12(17)8(2)15/h4-5,8H,6,15H2,1-3H3. The van der Waals surface area contributed by atoms with Crippen LogP contribution in [0.25, 0.3) is 0 Å². The monoisotopic (exact) mass is 258 g/mol. The van der Waals surface area contributed by atoms with Crippen molar-refractivity contribution in [2.45, 2.75) is 26.4 Å². The van der Waals surface area contributed by atoms with Crippen LogP contribution in [-0.4, -0.2) is 23.9 Å². The molecule has 1 atom stereocenters. The summed E-state index contributed by atoms with van der Waals surface area (Å²) in [6.07, 6.45) is 0. The molecule has 0 aromatic heterocycles. The molecule has 0 aliphatic carbocycles. The molecule has 0 saturated carbocycles. The molecule has 0 radical (unpaired) electrons. The zero-order chi connectivity index (χ0) is 13.2. The zero-order valence-corrected chi connectivity index (χ0v) is 10.9. The number of benzene rings is 1. The quantitative estimate of drug-likeness (QED) is 0.903. The number of hydrogen-bond acceptors (Lipinski definition) is 2. The average molecular weight is 259 g/mol. The van der Waals surface area contributed by atoms with Gasteiger partial charge in [-0.2, -0.15) is 0 Å². The van der Waals surface area contributed by atoms with Crippen LogP contribution in [0.1, 0.15) is 18.1 Å². The third-order valence-electron chi connectivity index (χ3n) is 2.50. The molecule has 0 aliphatic rings. The molecule has 0 fully saturated rings. The minimum atomic E-state index is -0.575. The van der Waals surface area contributed by atoms with Crippen molar-refractivity contribution in [3.05, 3.63) is 34.1 Å². The Kier molecular flexibility index (Phi) is 4.48. The number of likely N-dealkylation sites (N-methyl/N-ethyl adjacent to an activating group) is 1. The van der Waals surface area contributed by atoms with Crippen molar-refractivity contribution in [1.82, 2.24) is 4.90 Å². The molecule has 1 unspecified atom stereocenters. The van der Waals surface area contributed by atoms with Crippen LogP contribution in [0.5, 0.6) is 0 Å². The average Bonchev–Trinajstić information content (AvgIpc) is 2.24. The number of nitrogens with zero attached hydrogens (tertiary/aromatic N) is 1. The van der Waals surface area contributed by atoms with Crippen LogP contribution in [0.4, 0.5) is 4.39 Å². The van der Waals surface area contributed by atoms with E-state index < -0.39 is 6.04 Å². The third kappa shape index (κ3) is 3.41. The molecular weight excluding hydrogens is 243 g/mol. The van der Waals surface area contributed by atoms with E-state index in [0.717, 1.165) is 0 Å². The van der Waals surface area contributed by atoms with Gasteiger partial charge in [-0.05, 0) is 37.1 Å². The minimum Gasteiger partial charge on any atom is -0.340 e. The van der Waals surface area contributed by atoms with Gasteiger partial charge in [0.05, 0.1) is 6.04 Å². The fraction of sp³-hybridized carbons (Fsp3) is 0.417. The van der Waals surface area contributed by atoms with Crippen LogP contribution in [0.3, 0.4) is 0 Å². The van der Waals surface area contributed by atoms with E-state index in [1.165, 1.54) is 11.0 Å². The largest absolute Gasteiger partial charge is 0.340 e. The Morgan fingerprint density at radius 3 is 2.71 bits per heavy atom. The summed E-state index contributed by atoms with van der Waals surface area (Å²) in [6, 6.07) is 2.33. The number of aryl methyl sites for hydroxylation is 1. The zero-order valence-electron chi connectivity index (χ0n) is 10.1. The SMILES string of the molecule is Cc1cc(Cl)c(CN(C)C(=O)C(C)N)cc1F. The van der Waals surface area contributed by atoms with E-state index >= 15 is 0 Å². The van der Waals surface area contributed by atoms with Crippen molar-refractivity contribution in [2.24, 2.45) is 5.73 Å². The summed E-state index contributed by atoms with van der Waals surface area (Å²) in [5.74, 6) is -0.534. The second-order valence-electron chi connectivity index (χ2n) is 4.18. The summed E-state index contributed by atoms with van der Waals surface area (Å²) in [7, 11) is 1.61. The topological polar surface area (TPSA) is 46.3 Å². The predicted octanol–water partition coefficient (Wildman–Crippen LogP) is 2.09. The third-order valence-corrected chi connectivity index (χ3v) is 2.85. The maximum absolute atomic E-state index is 13.4. The maximum Gasteiger partial charge on any atom is 0.239 e. The number of carbonyl (C=O) groups excluding carboxylic acids is 1. The smallest absolute Gasteiger partial charge is 0.239 e. The summed E-state index contributed by atoms with van der Waals surface area (Å²) in [4.78, 5) is 13.0. The number of amides is 1. The Morgan fingerprint density at radius 2 is 2.18 bits per heavy atom. The molecule has 1 rings (SSSR count). The van der Waals surface area contributed by atoms with E-state index in [1.54, 1.807) is 27.0 Å². The van der Waals surface area contributed by atoms with E-state index in [0.29, 0.717) is 16.1 Å². The summed E-state index contributed by atoms with van der Waals surface area (Å²) in [5.41, 5.74) is 6.55. The molecule has 2 N–H and O–H groups in total. The highest BCUT2D eigenvalue weighted by Gasteiger charge is 2.15. The highest BCUT2D eigenvalue weighted by atomic mass is 35.5. The van der Waals surface area contributed by atoms with Crippen molar-refractivity contribution < 1.29 is 9.18 Å². The fourth-order valence-electron chi connectivity index (χ4n) is 1.49. The van der Waals surface area contributed by atoms with Crippen LogP contribution >= 0.6 is 11.6 Å². The van der Waals surface area contributed by atoms with Crippen LogP contribution in [0.2, 0.25) is 5.02 Å². The minimum absolute atomic E-state index is 0.206. The van der Waals surface area contributed by atoms with Crippen LogP contribution < -0.4 is 5.73 Å². The lowest BCUT2D eigenvalue weighted by molar-refractivity contribution is -0.131. The Balaban J connectivity index is 2.89. The Hall–Kier alpha value is -1.13. The number of nitrogens with two attached hydrogens (primary N) is 1. The second-order valence-corrected chi connectivity index (χ2v) is 4.58. The molecule has 3 nitrogen and oxygen atoms in total. The molecule has 0 bridgehead atoms. The molecule has 1 amide bonds. The number of halogens is 2. The molecule has 1 aromatic carbocycles. The summed E-state index contributed by atoms with van der Waals surface area (Å²) >= 11 is 5.99. The predicted molar refractivity (Wildman–Crippen MR) is 66.3 cm³/mol. The highest BCUT2D eigenvalue weighted by Crippen LogP contribution is 2.21. The molecule has 1 aromatic rings. The molecule has 94 valence electrons. The number of carbonyl (C=O) groups is 1. The normalized spacial score (nSPS) is 12.4. The van der Waals surface area contributed by atoms with Crippen molar-refractivity contribution in [3.63, 3.8) is 0 Å². The molecule has 0 spiro atoms. The van der Waals surface area contributed by atoms with Crippen molar-refractivity contribution >= 4 is 17.5 Å². The van der Waals surface area contributed by atoms with E-state index in [1.807, 2.05) is 0 Å². The first-order chi connectivity index (χ1) is 7.82. The van der Waals surface area contributed by atoms with Crippen molar-refractivity contribution in [3.8, 4) is 0 Å². The number of rotatable bonds is 3. The molecule has 5 heteroatoms. The van der Waals surface area contributed by atoms with Gasteiger partial charge in [0.15, 0.2) is 0 Å². The highest BCUT2D eigenvalue weighted by molar-refractivity contribution is 6.31. The summed E-state index contributed by atoms with van der Waals surface area (Å²) in [6.45, 7) is 3.49. The second kappa shape index (κ2) is 5.47. The molecule has 0 aliphatic heterocycles. The van der Waals surface area contributed by atoms with Gasteiger partial charge in [0, 0.05) is 18.6 Å². The van der Waals surface area contributed by atoms with Gasteiger partial charge in [0.25, 0.3) is 0 Å². The first kappa shape index (κ1) is 13.9. The van der Waals surface area contributed by atoms with Gasteiger partial charge in [-0.25, -0.2) is 4.39 Å². The van der Waals surface area contributed by atoms with Gasteiger partial charge in [-0.15, -0.1) is 0 Å². The van der Waals surface area contributed by atoms with Gasteiger partial charge < -0.3 is 10.6 Å². The number of hydrogen-bond donors (Lipinski definition) is 1. The van der Waals surface area contributed by atoms with E-state index in [9.17, 15) is 9.18 Å². The first-order valence-electron chi connectivity index (χ1n) is 5.28. The maximum atomic E-state index is 13.4. The first-order valence-corrected chi connectivity index (χ1v) is 5.65. The van der Waals surface area contributed by atoms with E-state index in [2.05, 4.69) is 0 Å². The summed E-state index contributed by atoms with van der Waals surface area (Å²) in [5, 5.41) is 0.452. The van der Waals surface area contributed by atoms with Crippen LogP contribution in [0.15, 0.2) is 12.1 Å². The summed E-state index contributed by atoms with van der Waals surface area (Å²) < 4.78 is 13.4. The van der Waals surface area contributed by atoms with Gasteiger partial charge in [0.2, 0.25) is 5.91 Å². The van der Waals surface area contributed by atoms with Gasteiger partial charge in [-0.3, -0.25) is 4.79 Å². The molecular formula is C12H16ClFN2O. The van der Waals surface area contributed by atoms with Gasteiger partial charge in [0.1, 0.15) is 5.82 Å². The molecule has 0 saturated heterocycles. The molecule has 17 heavy (non-hydrogen) atoms. The Morgan fingerprint density at radius 1 is 1.59 bits per heavy atom. The van der Waals surface area contributed by atoms with Crippen LogP contribution in [-0.2, 0) is 11.3 Å². The Bertz CT molecular complexity index is 435. The van der Waals surface area contributed by atoms with Gasteiger partial charge >= 0.3 is 0 Å². The lowest BCUT2D eigenvalue weighted by Crippen LogP contribution is -2.39. The van der Waals surface area contributed by atoms with Crippen LogP contribution in [0, 0.1) is 12.7 Å². The Labute approximate surface area is 105 Å². The van der Waals surface area contributed by atoms with Gasteiger partial charge in [-0.1, -0.05) is 11.6 Å². The fourth-order valence-corrected chi connectivity index (χ4v) is 1.77. The lowest BCUT2D eigenvalue weighted by Gasteiger charge is -2.20. The van der Waals surface area contributed by atoms with Crippen molar-refractivity contribution in [1.29, 1.82) is 0 Å². The van der Waals surface area contributed by atoms with E-state index in [-0.39, 0.29) is 18.3 Å². The van der Waals surface area contributed by atoms with E-state index in [4.69, 9.17) is 17.3 Å². The van der Waals surface area contributed by atoms with Crippen molar-refractivity contribution in [2.75, 3.05) is 7.05 Å².